The number of halogens is 1. The molecule has 2 N–H and O–H groups in total. The minimum Gasteiger partial charge on any atom is -0.478 e. The highest BCUT2D eigenvalue weighted by molar-refractivity contribution is 6.30. The molecule has 0 aromatic heterocycles. The van der Waals surface area contributed by atoms with Gasteiger partial charge in [-0.1, -0.05) is 23.7 Å². The van der Waals surface area contributed by atoms with Gasteiger partial charge < -0.3 is 15.2 Å². The van der Waals surface area contributed by atoms with E-state index in [1.165, 1.54) is 12.1 Å². The Labute approximate surface area is 96.0 Å². The molecule has 1 atom stereocenters. The largest absolute Gasteiger partial charge is 0.478 e. The number of nitrogens with one attached hydrogen (secondary N) is 1. The highest BCUT2D eigenvalue weighted by atomic mass is 35.5. The standard InChI is InChI=1S/C10H8ClNO4/c11-7-3-1-6(2-4-7)10(8(13)14)5-12-9(15)16-10/h1-4H,5H2,(H,12,15)(H,13,14). The molecule has 2 rings (SSSR count). The van der Waals surface area contributed by atoms with E-state index >= 15 is 0 Å². The first-order chi connectivity index (χ1) is 7.54. The Bertz CT molecular complexity index is 445. The van der Waals surface area contributed by atoms with Crippen molar-refractivity contribution in [3.05, 3.63) is 34.9 Å². The number of rotatable bonds is 2. The summed E-state index contributed by atoms with van der Waals surface area (Å²) in [5.41, 5.74) is -1.27. The highest BCUT2D eigenvalue weighted by Crippen LogP contribution is 2.30. The number of ether oxygens (including phenoxy) is 1. The molecule has 1 unspecified atom stereocenters. The molecule has 1 fully saturated rings. The van der Waals surface area contributed by atoms with Crippen molar-refractivity contribution in [3.8, 4) is 0 Å². The molecule has 0 aliphatic carbocycles. The van der Waals surface area contributed by atoms with Gasteiger partial charge in [0.25, 0.3) is 5.60 Å². The van der Waals surface area contributed by atoms with Crippen molar-refractivity contribution in [2.75, 3.05) is 6.54 Å². The van der Waals surface area contributed by atoms with E-state index in [1.54, 1.807) is 12.1 Å². The Hall–Kier alpha value is -1.75. The number of benzene rings is 1. The topological polar surface area (TPSA) is 75.6 Å². The van der Waals surface area contributed by atoms with Gasteiger partial charge in [-0.25, -0.2) is 9.59 Å². The predicted octanol–water partition coefficient (Wildman–Crippen LogP) is 1.36. The molecule has 1 amide bonds. The second-order valence-electron chi connectivity index (χ2n) is 3.38. The lowest BCUT2D eigenvalue weighted by Crippen LogP contribution is -2.39. The summed E-state index contributed by atoms with van der Waals surface area (Å²) in [7, 11) is 0. The number of aliphatic carboxylic acids is 1. The Kier molecular flexibility index (Phi) is 2.47. The fourth-order valence-corrected chi connectivity index (χ4v) is 1.68. The summed E-state index contributed by atoms with van der Waals surface area (Å²) in [6, 6.07) is 6.15. The Balaban J connectivity index is 2.44. The fourth-order valence-electron chi connectivity index (χ4n) is 1.55. The van der Waals surface area contributed by atoms with Gasteiger partial charge in [0, 0.05) is 10.6 Å². The Morgan fingerprint density at radius 1 is 1.44 bits per heavy atom. The van der Waals surface area contributed by atoms with Crippen LogP contribution >= 0.6 is 11.6 Å². The molecule has 1 saturated heterocycles. The molecule has 1 aliphatic heterocycles. The number of carbonyl (C=O) groups excluding carboxylic acids is 1. The van der Waals surface area contributed by atoms with Crippen molar-refractivity contribution in [1.29, 1.82) is 0 Å². The van der Waals surface area contributed by atoms with Crippen molar-refractivity contribution in [2.45, 2.75) is 5.60 Å². The van der Waals surface area contributed by atoms with Crippen LogP contribution in [0.4, 0.5) is 4.79 Å². The molecule has 84 valence electrons. The number of amides is 1. The number of carboxylic acid groups (broad SMARTS) is 1. The summed E-state index contributed by atoms with van der Waals surface area (Å²) in [6.45, 7) is -0.0944. The summed E-state index contributed by atoms with van der Waals surface area (Å²) < 4.78 is 4.84. The summed E-state index contributed by atoms with van der Waals surface area (Å²) in [6.07, 6.45) is -0.739. The second kappa shape index (κ2) is 3.68. The first kappa shape index (κ1) is 10.8. The van der Waals surface area contributed by atoms with Crippen LogP contribution in [0, 0.1) is 0 Å². The van der Waals surface area contributed by atoms with Crippen LogP contribution in [0.15, 0.2) is 24.3 Å². The maximum Gasteiger partial charge on any atom is 0.408 e. The zero-order valence-corrected chi connectivity index (χ0v) is 8.82. The maximum atomic E-state index is 11.2. The summed E-state index contributed by atoms with van der Waals surface area (Å²) in [5.74, 6) is -1.21. The molecule has 0 bridgehead atoms. The van der Waals surface area contributed by atoms with E-state index in [-0.39, 0.29) is 6.54 Å². The van der Waals surface area contributed by atoms with Crippen LogP contribution in [0.5, 0.6) is 0 Å². The molecule has 1 heterocycles. The minimum atomic E-state index is -1.65. The quantitative estimate of drug-likeness (QED) is 0.820. The Morgan fingerprint density at radius 3 is 2.50 bits per heavy atom. The van der Waals surface area contributed by atoms with Crippen molar-refractivity contribution in [3.63, 3.8) is 0 Å². The van der Waals surface area contributed by atoms with Gasteiger partial charge >= 0.3 is 12.1 Å². The van der Waals surface area contributed by atoms with Crippen LogP contribution in [0.1, 0.15) is 5.56 Å². The molecule has 16 heavy (non-hydrogen) atoms. The molecule has 1 aromatic carbocycles. The van der Waals surface area contributed by atoms with E-state index in [1.807, 2.05) is 0 Å². The number of carboxylic acids is 1. The van der Waals surface area contributed by atoms with Gasteiger partial charge in [0.05, 0.1) is 6.54 Å². The van der Waals surface area contributed by atoms with Crippen molar-refractivity contribution < 1.29 is 19.4 Å². The molecule has 5 nitrogen and oxygen atoms in total. The second-order valence-corrected chi connectivity index (χ2v) is 3.82. The molecule has 0 saturated carbocycles. The van der Waals surface area contributed by atoms with E-state index in [2.05, 4.69) is 5.32 Å². The number of hydrogen-bond donors (Lipinski definition) is 2. The minimum absolute atomic E-state index is 0.0944. The predicted molar refractivity (Wildman–Crippen MR) is 55.2 cm³/mol. The summed E-state index contributed by atoms with van der Waals surface area (Å²) in [4.78, 5) is 22.2. The van der Waals surface area contributed by atoms with E-state index in [9.17, 15) is 9.59 Å². The molecular formula is C10H8ClNO4. The highest BCUT2D eigenvalue weighted by Gasteiger charge is 2.49. The first-order valence-electron chi connectivity index (χ1n) is 4.51. The lowest BCUT2D eigenvalue weighted by atomic mass is 9.94. The van der Waals surface area contributed by atoms with Gasteiger partial charge in [-0.3, -0.25) is 0 Å². The lowest BCUT2D eigenvalue weighted by Gasteiger charge is -2.21. The summed E-state index contributed by atoms with van der Waals surface area (Å²) >= 11 is 5.70. The lowest BCUT2D eigenvalue weighted by molar-refractivity contribution is -0.155. The summed E-state index contributed by atoms with van der Waals surface area (Å²) in [5, 5.41) is 12.0. The molecular weight excluding hydrogens is 234 g/mol. The molecule has 0 spiro atoms. The van der Waals surface area contributed by atoms with Gasteiger partial charge in [-0.2, -0.15) is 0 Å². The SMILES string of the molecule is O=C1NCC(C(=O)O)(c2ccc(Cl)cc2)O1. The smallest absolute Gasteiger partial charge is 0.408 e. The molecule has 1 aliphatic rings. The van der Waals surface area contributed by atoms with Crippen LogP contribution in [-0.4, -0.2) is 23.7 Å². The van der Waals surface area contributed by atoms with Crippen LogP contribution in [-0.2, 0) is 15.1 Å². The van der Waals surface area contributed by atoms with Gasteiger partial charge in [0.2, 0.25) is 0 Å². The number of carbonyl (C=O) groups is 2. The van der Waals surface area contributed by atoms with Crippen molar-refractivity contribution in [2.24, 2.45) is 0 Å². The molecule has 6 heteroatoms. The third-order valence-electron chi connectivity index (χ3n) is 2.40. The molecule has 0 radical (unpaired) electrons. The zero-order valence-electron chi connectivity index (χ0n) is 8.07. The van der Waals surface area contributed by atoms with Gasteiger partial charge in [0.15, 0.2) is 0 Å². The first-order valence-corrected chi connectivity index (χ1v) is 4.89. The van der Waals surface area contributed by atoms with E-state index in [4.69, 9.17) is 21.4 Å². The third kappa shape index (κ3) is 1.59. The Morgan fingerprint density at radius 2 is 2.06 bits per heavy atom. The number of alkyl carbamates (subject to hydrolysis) is 1. The van der Waals surface area contributed by atoms with Gasteiger partial charge in [-0.15, -0.1) is 0 Å². The van der Waals surface area contributed by atoms with E-state index in [0.717, 1.165) is 0 Å². The molecule has 1 aromatic rings. The normalized spacial score (nSPS) is 23.7. The van der Waals surface area contributed by atoms with Crippen LogP contribution in [0.3, 0.4) is 0 Å². The maximum absolute atomic E-state index is 11.2. The monoisotopic (exact) mass is 241 g/mol. The van der Waals surface area contributed by atoms with Gasteiger partial charge in [-0.05, 0) is 12.1 Å². The van der Waals surface area contributed by atoms with Crippen molar-refractivity contribution in [1.82, 2.24) is 5.32 Å². The van der Waals surface area contributed by atoms with Crippen LogP contribution < -0.4 is 5.32 Å². The third-order valence-corrected chi connectivity index (χ3v) is 2.66. The van der Waals surface area contributed by atoms with Crippen molar-refractivity contribution >= 4 is 23.7 Å². The fraction of sp³-hybridized carbons (Fsp3) is 0.200. The van der Waals surface area contributed by atoms with E-state index < -0.39 is 17.7 Å². The van der Waals surface area contributed by atoms with Crippen LogP contribution in [0.25, 0.3) is 0 Å². The number of hydrogen-bond acceptors (Lipinski definition) is 3. The number of cyclic esters (lactones) is 1. The van der Waals surface area contributed by atoms with Gasteiger partial charge in [0.1, 0.15) is 0 Å². The van der Waals surface area contributed by atoms with Crippen LogP contribution in [0.2, 0.25) is 5.02 Å². The zero-order chi connectivity index (χ0) is 11.8. The average Bonchev–Trinajstić information content (AvgIpc) is 2.63. The van der Waals surface area contributed by atoms with E-state index in [0.29, 0.717) is 10.6 Å². The average molecular weight is 242 g/mol.